The Bertz CT molecular complexity index is 557. The predicted octanol–water partition coefficient (Wildman–Crippen LogP) is 3.41. The van der Waals surface area contributed by atoms with Crippen LogP contribution in [0.1, 0.15) is 26.2 Å². The zero-order chi connectivity index (χ0) is 14.1. The first-order valence-corrected chi connectivity index (χ1v) is 7.63. The van der Waals surface area contributed by atoms with Crippen molar-refractivity contribution in [1.29, 1.82) is 0 Å². The standard InChI is InChI=1S/C16H18ClNO2/c1-10(19)20-15-8-14-16(11(6-7-17)9-18-14)13-5-3-2-4-12(13)15/h2-3,8,11-12H,4-7,9H2,1H3. The smallest absolute Gasteiger partial charge is 0.307 e. The molecule has 0 aromatic carbocycles. The zero-order valence-corrected chi connectivity index (χ0v) is 12.3. The first-order chi connectivity index (χ1) is 9.70. The highest BCUT2D eigenvalue weighted by Gasteiger charge is 2.36. The molecule has 0 radical (unpaired) electrons. The number of hydrogen-bond acceptors (Lipinski definition) is 3. The van der Waals surface area contributed by atoms with Crippen LogP contribution in [0.3, 0.4) is 0 Å². The minimum absolute atomic E-state index is 0.203. The summed E-state index contributed by atoms with van der Waals surface area (Å²) in [6.45, 7) is 2.26. The highest BCUT2D eigenvalue weighted by Crippen LogP contribution is 2.42. The molecule has 1 heterocycles. The van der Waals surface area contributed by atoms with Crippen molar-refractivity contribution in [2.75, 3.05) is 12.4 Å². The molecule has 0 bridgehead atoms. The quantitative estimate of drug-likeness (QED) is 0.454. The number of ether oxygens (including phenoxy) is 1. The van der Waals surface area contributed by atoms with Gasteiger partial charge in [-0.2, -0.15) is 0 Å². The third-order valence-electron chi connectivity index (χ3n) is 4.15. The second-order valence-corrected chi connectivity index (χ2v) is 5.82. The summed E-state index contributed by atoms with van der Waals surface area (Å²) in [4.78, 5) is 15.9. The number of rotatable bonds is 3. The summed E-state index contributed by atoms with van der Waals surface area (Å²) < 4.78 is 5.41. The van der Waals surface area contributed by atoms with E-state index in [9.17, 15) is 4.79 Å². The van der Waals surface area contributed by atoms with Crippen molar-refractivity contribution in [3.8, 4) is 0 Å². The van der Waals surface area contributed by atoms with Gasteiger partial charge in [-0.3, -0.25) is 9.79 Å². The van der Waals surface area contributed by atoms with Gasteiger partial charge in [0.15, 0.2) is 0 Å². The molecule has 2 atom stereocenters. The van der Waals surface area contributed by atoms with Crippen LogP contribution in [0.5, 0.6) is 0 Å². The van der Waals surface area contributed by atoms with E-state index in [1.807, 2.05) is 6.08 Å². The fourth-order valence-corrected chi connectivity index (χ4v) is 3.59. The molecule has 106 valence electrons. The molecule has 0 aromatic heterocycles. The van der Waals surface area contributed by atoms with Gasteiger partial charge in [-0.1, -0.05) is 12.2 Å². The Morgan fingerprint density at radius 2 is 2.35 bits per heavy atom. The molecule has 0 N–H and O–H groups in total. The maximum absolute atomic E-state index is 11.3. The van der Waals surface area contributed by atoms with Crippen LogP contribution in [-0.4, -0.2) is 24.1 Å². The van der Waals surface area contributed by atoms with E-state index in [-0.39, 0.29) is 11.9 Å². The molecule has 0 spiro atoms. The summed E-state index contributed by atoms with van der Waals surface area (Å²) in [6.07, 6.45) is 9.11. The molecular weight excluding hydrogens is 274 g/mol. The number of aliphatic imine (C=N–C) groups is 1. The number of esters is 1. The lowest BCUT2D eigenvalue weighted by Gasteiger charge is -2.31. The van der Waals surface area contributed by atoms with Gasteiger partial charge in [-0.15, -0.1) is 11.6 Å². The number of carbonyl (C=O) groups excluding carboxylic acids is 1. The van der Waals surface area contributed by atoms with E-state index < -0.39 is 0 Å². The van der Waals surface area contributed by atoms with Crippen molar-refractivity contribution in [2.45, 2.75) is 26.2 Å². The van der Waals surface area contributed by atoms with Crippen LogP contribution in [0, 0.1) is 11.8 Å². The van der Waals surface area contributed by atoms with E-state index in [1.165, 1.54) is 18.1 Å². The van der Waals surface area contributed by atoms with Crippen LogP contribution < -0.4 is 0 Å². The number of hydrogen-bond donors (Lipinski definition) is 0. The minimum atomic E-state index is -0.260. The van der Waals surface area contributed by atoms with Crippen LogP contribution in [0.4, 0.5) is 0 Å². The first kappa shape index (κ1) is 13.6. The molecule has 0 saturated carbocycles. The van der Waals surface area contributed by atoms with E-state index in [4.69, 9.17) is 16.3 Å². The number of alkyl halides is 1. The van der Waals surface area contributed by atoms with Gasteiger partial charge in [0.25, 0.3) is 0 Å². The van der Waals surface area contributed by atoms with Crippen molar-refractivity contribution in [2.24, 2.45) is 16.8 Å². The van der Waals surface area contributed by atoms with Gasteiger partial charge in [-0.25, -0.2) is 0 Å². The summed E-state index contributed by atoms with van der Waals surface area (Å²) in [5.41, 5.74) is 3.73. The van der Waals surface area contributed by atoms with E-state index in [0.717, 1.165) is 37.3 Å². The second kappa shape index (κ2) is 5.57. The number of halogens is 1. The average molecular weight is 292 g/mol. The Morgan fingerprint density at radius 1 is 1.50 bits per heavy atom. The van der Waals surface area contributed by atoms with E-state index in [1.54, 1.807) is 0 Å². The molecule has 3 rings (SSSR count). The minimum Gasteiger partial charge on any atom is -0.431 e. The van der Waals surface area contributed by atoms with Crippen LogP contribution in [-0.2, 0) is 9.53 Å². The van der Waals surface area contributed by atoms with E-state index in [0.29, 0.717) is 11.8 Å². The van der Waals surface area contributed by atoms with Crippen LogP contribution >= 0.6 is 11.6 Å². The number of fused-ring (bicyclic) bond motifs is 2. The van der Waals surface area contributed by atoms with Crippen LogP contribution in [0.15, 0.2) is 40.1 Å². The third-order valence-corrected chi connectivity index (χ3v) is 4.37. The van der Waals surface area contributed by atoms with Crippen molar-refractivity contribution < 1.29 is 9.53 Å². The number of allylic oxidation sites excluding steroid dienone is 4. The molecule has 0 saturated heterocycles. The summed E-state index contributed by atoms with van der Waals surface area (Å²) in [7, 11) is 0. The van der Waals surface area contributed by atoms with Crippen LogP contribution in [0.2, 0.25) is 0 Å². The fraction of sp³-hybridized carbons (Fsp3) is 0.500. The van der Waals surface area contributed by atoms with Gasteiger partial charge in [0.1, 0.15) is 5.76 Å². The van der Waals surface area contributed by atoms with Crippen molar-refractivity contribution >= 4 is 23.3 Å². The fourth-order valence-electron chi connectivity index (χ4n) is 3.33. The SMILES string of the molecule is CC(=O)OC1=CC2=NCC(CCCl)C2=C2CC=CCC12. The monoisotopic (exact) mass is 291 g/mol. The lowest BCUT2D eigenvalue weighted by atomic mass is 9.75. The summed E-state index contributed by atoms with van der Waals surface area (Å²) in [5, 5.41) is 0. The van der Waals surface area contributed by atoms with Crippen molar-refractivity contribution in [3.63, 3.8) is 0 Å². The van der Waals surface area contributed by atoms with Crippen molar-refractivity contribution in [1.82, 2.24) is 0 Å². The molecule has 2 aliphatic carbocycles. The van der Waals surface area contributed by atoms with Crippen LogP contribution in [0.25, 0.3) is 0 Å². The molecule has 4 heteroatoms. The van der Waals surface area contributed by atoms with Gasteiger partial charge in [0.05, 0.1) is 5.71 Å². The van der Waals surface area contributed by atoms with Gasteiger partial charge in [0.2, 0.25) is 0 Å². The highest BCUT2D eigenvalue weighted by atomic mass is 35.5. The molecule has 3 nitrogen and oxygen atoms in total. The van der Waals surface area contributed by atoms with E-state index >= 15 is 0 Å². The van der Waals surface area contributed by atoms with Crippen molar-refractivity contribution in [3.05, 3.63) is 35.1 Å². The summed E-state index contributed by atoms with van der Waals surface area (Å²) in [6, 6.07) is 0. The van der Waals surface area contributed by atoms with Gasteiger partial charge < -0.3 is 4.74 Å². The Kier molecular flexibility index (Phi) is 3.79. The number of nitrogens with zero attached hydrogens (tertiary/aromatic N) is 1. The molecule has 0 amide bonds. The first-order valence-electron chi connectivity index (χ1n) is 7.09. The Labute approximate surface area is 124 Å². The maximum Gasteiger partial charge on any atom is 0.307 e. The average Bonchev–Trinajstić information content (AvgIpc) is 2.82. The molecule has 0 aromatic rings. The summed E-state index contributed by atoms with van der Waals surface area (Å²) >= 11 is 5.91. The molecule has 3 aliphatic rings. The largest absolute Gasteiger partial charge is 0.431 e. The molecule has 1 aliphatic heterocycles. The topological polar surface area (TPSA) is 38.7 Å². The Hall–Kier alpha value is -1.35. The van der Waals surface area contributed by atoms with E-state index in [2.05, 4.69) is 17.1 Å². The van der Waals surface area contributed by atoms with Gasteiger partial charge >= 0.3 is 5.97 Å². The normalized spacial score (nSPS) is 27.7. The molecule has 20 heavy (non-hydrogen) atoms. The van der Waals surface area contributed by atoms with Gasteiger partial charge in [-0.05, 0) is 30.4 Å². The number of carbonyl (C=O) groups is 1. The molecular formula is C16H18ClNO2. The summed E-state index contributed by atoms with van der Waals surface area (Å²) in [5.74, 6) is 1.79. The zero-order valence-electron chi connectivity index (χ0n) is 11.6. The third kappa shape index (κ3) is 2.35. The molecule has 2 unspecified atom stereocenters. The van der Waals surface area contributed by atoms with Gasteiger partial charge in [0, 0.05) is 37.3 Å². The Morgan fingerprint density at radius 3 is 3.10 bits per heavy atom. The lowest BCUT2D eigenvalue weighted by molar-refractivity contribution is -0.137. The molecule has 0 fully saturated rings. The lowest BCUT2D eigenvalue weighted by Crippen LogP contribution is -2.24. The maximum atomic E-state index is 11.3. The predicted molar refractivity (Wildman–Crippen MR) is 79.9 cm³/mol. The Balaban J connectivity index is 1.98. The highest BCUT2D eigenvalue weighted by molar-refractivity contribution is 6.18. The second-order valence-electron chi connectivity index (χ2n) is 5.44.